The molecule has 0 heterocycles. The predicted octanol–water partition coefficient (Wildman–Crippen LogP) is 2.99. The molecular weight excluding hydrogens is 250 g/mol. The zero-order chi connectivity index (χ0) is 15.1. The van der Waals surface area contributed by atoms with Gasteiger partial charge in [0.2, 0.25) is 5.91 Å². The lowest BCUT2D eigenvalue weighted by atomic mass is 10.2. The maximum atomic E-state index is 11.7. The van der Waals surface area contributed by atoms with Crippen LogP contribution in [0.1, 0.15) is 40.5 Å². The van der Waals surface area contributed by atoms with Crippen LogP contribution in [0.5, 0.6) is 0 Å². The van der Waals surface area contributed by atoms with Gasteiger partial charge in [-0.2, -0.15) is 0 Å². The topological polar surface area (TPSA) is 58.4 Å². The quantitative estimate of drug-likeness (QED) is 0.805. The fourth-order valence-electron chi connectivity index (χ4n) is 2.16. The Morgan fingerprint density at radius 1 is 1.25 bits per heavy atom. The number of nitrogens with one attached hydrogen (secondary N) is 1. The normalized spacial score (nSPS) is 12.3. The van der Waals surface area contributed by atoms with Crippen molar-refractivity contribution in [3.05, 3.63) is 24.3 Å². The second-order valence-corrected chi connectivity index (χ2v) is 5.49. The molecule has 1 amide bonds. The van der Waals surface area contributed by atoms with Gasteiger partial charge in [-0.15, -0.1) is 0 Å². The van der Waals surface area contributed by atoms with Crippen molar-refractivity contribution >= 4 is 17.3 Å². The van der Waals surface area contributed by atoms with E-state index >= 15 is 0 Å². The van der Waals surface area contributed by atoms with E-state index in [-0.39, 0.29) is 11.9 Å². The Hall–Kier alpha value is -1.55. The van der Waals surface area contributed by atoms with E-state index in [4.69, 9.17) is 5.73 Å². The van der Waals surface area contributed by atoms with Gasteiger partial charge >= 0.3 is 0 Å². The van der Waals surface area contributed by atoms with E-state index in [0.29, 0.717) is 18.9 Å². The highest BCUT2D eigenvalue weighted by atomic mass is 16.1. The van der Waals surface area contributed by atoms with Gasteiger partial charge in [0.1, 0.15) is 0 Å². The average molecular weight is 277 g/mol. The molecule has 0 radical (unpaired) electrons. The van der Waals surface area contributed by atoms with Crippen molar-refractivity contribution in [2.24, 2.45) is 5.73 Å². The SMILES string of the molecule is CCN(c1ccc(NC(=O)CCC(C)N)cc1)C(C)C. The molecule has 4 nitrogen and oxygen atoms in total. The Morgan fingerprint density at radius 3 is 2.30 bits per heavy atom. The van der Waals surface area contributed by atoms with Crippen molar-refractivity contribution in [2.75, 3.05) is 16.8 Å². The van der Waals surface area contributed by atoms with Crippen LogP contribution in [0, 0.1) is 0 Å². The number of nitrogens with two attached hydrogens (primary N) is 1. The maximum Gasteiger partial charge on any atom is 0.224 e. The molecule has 1 rings (SSSR count). The minimum Gasteiger partial charge on any atom is -0.369 e. The Balaban J connectivity index is 2.60. The molecule has 0 bridgehead atoms. The lowest BCUT2D eigenvalue weighted by Gasteiger charge is -2.27. The zero-order valence-electron chi connectivity index (χ0n) is 13.0. The molecule has 0 aliphatic rings. The van der Waals surface area contributed by atoms with Gasteiger partial charge in [0.15, 0.2) is 0 Å². The molecule has 20 heavy (non-hydrogen) atoms. The van der Waals surface area contributed by atoms with Gasteiger partial charge in [0, 0.05) is 36.4 Å². The minimum atomic E-state index is 0.0197. The molecule has 1 aromatic rings. The molecule has 1 unspecified atom stereocenters. The predicted molar refractivity (Wildman–Crippen MR) is 86.1 cm³/mol. The second-order valence-electron chi connectivity index (χ2n) is 5.49. The summed E-state index contributed by atoms with van der Waals surface area (Å²) in [6, 6.07) is 8.52. The molecule has 0 saturated carbocycles. The number of amides is 1. The number of anilines is 2. The second kappa shape index (κ2) is 7.90. The Kier molecular flexibility index (Phi) is 6.52. The van der Waals surface area contributed by atoms with Crippen LogP contribution < -0.4 is 16.0 Å². The van der Waals surface area contributed by atoms with E-state index in [1.165, 1.54) is 5.69 Å². The number of benzene rings is 1. The van der Waals surface area contributed by atoms with Crippen LogP contribution >= 0.6 is 0 Å². The summed E-state index contributed by atoms with van der Waals surface area (Å²) in [7, 11) is 0. The molecule has 0 aromatic heterocycles. The number of hydrogen-bond acceptors (Lipinski definition) is 3. The van der Waals surface area contributed by atoms with Gasteiger partial charge in [0.05, 0.1) is 0 Å². The minimum absolute atomic E-state index is 0.0197. The number of rotatable bonds is 7. The fourth-order valence-corrected chi connectivity index (χ4v) is 2.16. The molecule has 112 valence electrons. The van der Waals surface area contributed by atoms with Crippen LogP contribution in [0.2, 0.25) is 0 Å². The van der Waals surface area contributed by atoms with E-state index in [1.807, 2.05) is 31.2 Å². The van der Waals surface area contributed by atoms with E-state index in [1.54, 1.807) is 0 Å². The molecule has 0 saturated heterocycles. The first-order valence-corrected chi connectivity index (χ1v) is 7.36. The first-order chi connectivity index (χ1) is 9.43. The third-order valence-electron chi connectivity index (χ3n) is 3.27. The standard InChI is InChI=1S/C16H27N3O/c1-5-19(12(2)3)15-9-7-14(8-10-15)18-16(20)11-6-13(4)17/h7-10,12-13H,5-6,11,17H2,1-4H3,(H,18,20). The smallest absolute Gasteiger partial charge is 0.224 e. The molecule has 0 aliphatic carbocycles. The third-order valence-corrected chi connectivity index (χ3v) is 3.27. The van der Waals surface area contributed by atoms with Crippen molar-refractivity contribution in [1.82, 2.24) is 0 Å². The van der Waals surface area contributed by atoms with Gasteiger partial charge in [-0.3, -0.25) is 4.79 Å². The molecule has 3 N–H and O–H groups in total. The number of carbonyl (C=O) groups excluding carboxylic acids is 1. The molecule has 1 aromatic carbocycles. The van der Waals surface area contributed by atoms with E-state index < -0.39 is 0 Å². The van der Waals surface area contributed by atoms with Gasteiger partial charge in [-0.25, -0.2) is 0 Å². The van der Waals surface area contributed by atoms with Crippen molar-refractivity contribution in [2.45, 2.75) is 52.6 Å². The summed E-state index contributed by atoms with van der Waals surface area (Å²) in [4.78, 5) is 14.0. The van der Waals surface area contributed by atoms with Crippen molar-refractivity contribution < 1.29 is 4.79 Å². The monoisotopic (exact) mass is 277 g/mol. The number of carbonyl (C=O) groups is 1. The molecule has 0 fully saturated rings. The summed E-state index contributed by atoms with van der Waals surface area (Å²) in [5.41, 5.74) is 7.66. The summed E-state index contributed by atoms with van der Waals surface area (Å²) < 4.78 is 0. The highest BCUT2D eigenvalue weighted by Crippen LogP contribution is 2.20. The Morgan fingerprint density at radius 2 is 1.85 bits per heavy atom. The summed E-state index contributed by atoms with van der Waals surface area (Å²) in [5, 5.41) is 2.90. The lowest BCUT2D eigenvalue weighted by Crippen LogP contribution is -2.30. The Labute approximate surface area is 122 Å². The summed E-state index contributed by atoms with van der Waals surface area (Å²) in [5.74, 6) is 0.0197. The van der Waals surface area contributed by atoms with Gasteiger partial charge in [0.25, 0.3) is 0 Å². The number of nitrogens with zero attached hydrogens (tertiary/aromatic N) is 1. The zero-order valence-corrected chi connectivity index (χ0v) is 13.0. The first kappa shape index (κ1) is 16.5. The Bertz CT molecular complexity index is 412. The van der Waals surface area contributed by atoms with Crippen LogP contribution in [0.3, 0.4) is 0 Å². The van der Waals surface area contributed by atoms with E-state index in [2.05, 4.69) is 31.0 Å². The summed E-state index contributed by atoms with van der Waals surface area (Å²) in [6.07, 6.45) is 1.17. The molecule has 4 heteroatoms. The van der Waals surface area contributed by atoms with Gasteiger partial charge in [-0.05, 0) is 58.4 Å². The van der Waals surface area contributed by atoms with Crippen molar-refractivity contribution in [1.29, 1.82) is 0 Å². The highest BCUT2D eigenvalue weighted by Gasteiger charge is 2.08. The van der Waals surface area contributed by atoms with Crippen LogP contribution in [-0.2, 0) is 4.79 Å². The van der Waals surface area contributed by atoms with Crippen molar-refractivity contribution in [3.8, 4) is 0 Å². The maximum absolute atomic E-state index is 11.7. The molecule has 0 spiro atoms. The van der Waals surface area contributed by atoms with Crippen LogP contribution in [0.15, 0.2) is 24.3 Å². The fraction of sp³-hybridized carbons (Fsp3) is 0.562. The lowest BCUT2D eigenvalue weighted by molar-refractivity contribution is -0.116. The first-order valence-electron chi connectivity index (χ1n) is 7.36. The van der Waals surface area contributed by atoms with Crippen molar-refractivity contribution in [3.63, 3.8) is 0 Å². The largest absolute Gasteiger partial charge is 0.369 e. The summed E-state index contributed by atoms with van der Waals surface area (Å²) in [6.45, 7) is 9.37. The van der Waals surface area contributed by atoms with Gasteiger partial charge < -0.3 is 16.0 Å². The third kappa shape index (κ3) is 5.21. The van der Waals surface area contributed by atoms with E-state index in [9.17, 15) is 4.79 Å². The summed E-state index contributed by atoms with van der Waals surface area (Å²) >= 11 is 0. The van der Waals surface area contributed by atoms with Crippen LogP contribution in [-0.4, -0.2) is 24.5 Å². The molecular formula is C16H27N3O. The van der Waals surface area contributed by atoms with Crippen LogP contribution in [0.4, 0.5) is 11.4 Å². The van der Waals surface area contributed by atoms with Gasteiger partial charge in [-0.1, -0.05) is 0 Å². The average Bonchev–Trinajstić information content (AvgIpc) is 2.39. The van der Waals surface area contributed by atoms with Crippen LogP contribution in [0.25, 0.3) is 0 Å². The number of hydrogen-bond donors (Lipinski definition) is 2. The van der Waals surface area contributed by atoms with E-state index in [0.717, 1.165) is 12.2 Å². The molecule has 0 aliphatic heterocycles. The highest BCUT2D eigenvalue weighted by molar-refractivity contribution is 5.90. The molecule has 1 atom stereocenters.